The third-order valence-corrected chi connectivity index (χ3v) is 5.37. The minimum atomic E-state index is 0.927. The highest BCUT2D eigenvalue weighted by Crippen LogP contribution is 2.31. The Bertz CT molecular complexity index is 1490. The van der Waals surface area contributed by atoms with Crippen molar-refractivity contribution in [3.05, 3.63) is 98.2 Å². The van der Waals surface area contributed by atoms with E-state index in [-0.39, 0.29) is 0 Å². The summed E-state index contributed by atoms with van der Waals surface area (Å²) in [5.41, 5.74) is 7.99. The van der Waals surface area contributed by atoms with E-state index >= 15 is 0 Å². The van der Waals surface area contributed by atoms with Crippen molar-refractivity contribution < 1.29 is 0 Å². The number of pyridine rings is 5. The zero-order valence-corrected chi connectivity index (χ0v) is 16.4. The third-order valence-electron chi connectivity index (χ3n) is 5.37. The van der Waals surface area contributed by atoms with Gasteiger partial charge in [-0.1, -0.05) is 6.07 Å². The van der Waals surface area contributed by atoms with Gasteiger partial charge in [-0.25, -0.2) is 0 Å². The van der Waals surface area contributed by atoms with Gasteiger partial charge in [-0.3, -0.25) is 24.9 Å². The first-order chi connectivity index (χ1) is 15.4. The fourth-order valence-electron chi connectivity index (χ4n) is 3.95. The minimum absolute atomic E-state index is 0.927. The van der Waals surface area contributed by atoms with Crippen LogP contribution >= 0.6 is 0 Å². The van der Waals surface area contributed by atoms with Crippen LogP contribution in [0.1, 0.15) is 0 Å². The molecule has 6 nitrogen and oxygen atoms in total. The molecule has 0 amide bonds. The van der Waals surface area contributed by atoms with Gasteiger partial charge in [-0.05, 0) is 36.4 Å². The van der Waals surface area contributed by atoms with Crippen molar-refractivity contribution in [2.24, 2.45) is 0 Å². The topological polar surface area (TPSA) is 69.4 Å². The van der Waals surface area contributed by atoms with Crippen LogP contribution in [0.4, 0.5) is 0 Å². The zero-order valence-electron chi connectivity index (χ0n) is 16.4. The molecule has 0 N–H and O–H groups in total. The summed E-state index contributed by atoms with van der Waals surface area (Å²) >= 11 is 0. The highest BCUT2D eigenvalue weighted by atomic mass is 15.0. The van der Waals surface area contributed by atoms with E-state index in [1.165, 1.54) is 0 Å². The molecule has 0 spiro atoms. The molecular weight excluding hydrogens is 384 g/mol. The maximum absolute atomic E-state index is 4.58. The molecule has 6 heteroatoms. The first-order valence-electron chi connectivity index (χ1n) is 9.89. The van der Waals surface area contributed by atoms with Gasteiger partial charge >= 0.3 is 0 Å². The fraction of sp³-hybridized carbons (Fsp3) is 0. The lowest BCUT2D eigenvalue weighted by atomic mass is 10.0. The average molecular weight is 400 g/mol. The molecule has 0 saturated carbocycles. The standard InChI is InChI=1S/C25H16N6/c1-3-17(11-26-6-1)18-9-19(13-28-12-18)20-10-21(15-29-14-20)31-23-5-8-27-16-22(23)25-24(31)4-2-7-30-25/h1-16H. The molecule has 6 aromatic rings. The second-order valence-electron chi connectivity index (χ2n) is 7.24. The van der Waals surface area contributed by atoms with Gasteiger partial charge in [0.2, 0.25) is 0 Å². The highest BCUT2D eigenvalue weighted by molar-refractivity contribution is 6.06. The molecule has 0 unspecified atom stereocenters. The van der Waals surface area contributed by atoms with E-state index in [1.54, 1.807) is 12.4 Å². The Labute approximate surface area is 177 Å². The molecule has 0 bridgehead atoms. The molecule has 6 aromatic heterocycles. The van der Waals surface area contributed by atoms with Crippen molar-refractivity contribution in [1.29, 1.82) is 0 Å². The van der Waals surface area contributed by atoms with E-state index in [1.807, 2.05) is 67.6 Å². The lowest BCUT2D eigenvalue weighted by molar-refractivity contribution is 1.13. The van der Waals surface area contributed by atoms with Crippen LogP contribution in [0.3, 0.4) is 0 Å². The van der Waals surface area contributed by atoms with Gasteiger partial charge < -0.3 is 4.57 Å². The summed E-state index contributed by atoms with van der Waals surface area (Å²) in [5, 5.41) is 1.02. The monoisotopic (exact) mass is 400 g/mol. The number of hydrogen-bond donors (Lipinski definition) is 0. The van der Waals surface area contributed by atoms with Crippen molar-refractivity contribution in [2.75, 3.05) is 0 Å². The van der Waals surface area contributed by atoms with Crippen molar-refractivity contribution in [2.45, 2.75) is 0 Å². The molecule has 0 fully saturated rings. The second kappa shape index (κ2) is 7.11. The summed E-state index contributed by atoms with van der Waals surface area (Å²) in [6.07, 6.45) is 16.5. The largest absolute Gasteiger partial charge is 0.306 e. The van der Waals surface area contributed by atoms with Gasteiger partial charge in [0.1, 0.15) is 0 Å². The van der Waals surface area contributed by atoms with E-state index in [0.29, 0.717) is 0 Å². The maximum Gasteiger partial charge on any atom is 0.0979 e. The minimum Gasteiger partial charge on any atom is -0.306 e. The number of fused-ring (bicyclic) bond motifs is 3. The average Bonchev–Trinajstić information content (AvgIpc) is 3.19. The predicted molar refractivity (Wildman–Crippen MR) is 121 cm³/mol. The molecule has 6 heterocycles. The van der Waals surface area contributed by atoms with E-state index in [2.05, 4.69) is 47.7 Å². The summed E-state index contributed by atoms with van der Waals surface area (Å²) in [7, 11) is 0. The summed E-state index contributed by atoms with van der Waals surface area (Å²) in [6, 6.07) is 14.2. The number of hydrogen-bond acceptors (Lipinski definition) is 5. The van der Waals surface area contributed by atoms with Gasteiger partial charge in [0, 0.05) is 77.2 Å². The van der Waals surface area contributed by atoms with Crippen LogP contribution in [0.2, 0.25) is 0 Å². The Morgan fingerprint density at radius 3 is 2.16 bits per heavy atom. The van der Waals surface area contributed by atoms with Gasteiger partial charge in [-0.15, -0.1) is 0 Å². The molecule has 146 valence electrons. The molecule has 0 aliphatic rings. The fourth-order valence-corrected chi connectivity index (χ4v) is 3.95. The Morgan fingerprint density at radius 2 is 1.29 bits per heavy atom. The van der Waals surface area contributed by atoms with Crippen LogP contribution in [-0.2, 0) is 0 Å². The van der Waals surface area contributed by atoms with Crippen molar-refractivity contribution in [3.63, 3.8) is 0 Å². The zero-order chi connectivity index (χ0) is 20.6. The summed E-state index contributed by atoms with van der Waals surface area (Å²) in [4.78, 5) is 22.1. The highest BCUT2D eigenvalue weighted by Gasteiger charge is 2.14. The first kappa shape index (κ1) is 17.4. The van der Waals surface area contributed by atoms with Gasteiger partial charge in [0.25, 0.3) is 0 Å². The quantitative estimate of drug-likeness (QED) is 0.414. The van der Waals surface area contributed by atoms with E-state index in [4.69, 9.17) is 0 Å². The smallest absolute Gasteiger partial charge is 0.0979 e. The Balaban J connectivity index is 1.53. The number of nitrogens with zero attached hydrogens (tertiary/aromatic N) is 6. The van der Waals surface area contributed by atoms with Crippen molar-refractivity contribution in [3.8, 4) is 27.9 Å². The van der Waals surface area contributed by atoms with Crippen LogP contribution in [0.5, 0.6) is 0 Å². The van der Waals surface area contributed by atoms with Gasteiger partial charge in [0.05, 0.1) is 28.4 Å². The molecule has 0 aliphatic carbocycles. The van der Waals surface area contributed by atoms with E-state index in [0.717, 1.165) is 49.9 Å². The van der Waals surface area contributed by atoms with Crippen LogP contribution in [0, 0.1) is 0 Å². The predicted octanol–water partition coefficient (Wildman–Crippen LogP) is 5.09. The van der Waals surface area contributed by atoms with Crippen LogP contribution in [-0.4, -0.2) is 29.5 Å². The Kier molecular flexibility index (Phi) is 3.99. The molecule has 0 saturated heterocycles. The SMILES string of the molecule is c1cncc(-c2cncc(-c3cncc(-n4c5ccncc5c5ncccc54)c3)c2)c1. The Morgan fingerprint density at radius 1 is 0.548 bits per heavy atom. The van der Waals surface area contributed by atoms with E-state index in [9.17, 15) is 0 Å². The lowest BCUT2D eigenvalue weighted by Crippen LogP contribution is -1.96. The molecule has 0 aliphatic heterocycles. The maximum atomic E-state index is 4.58. The lowest BCUT2D eigenvalue weighted by Gasteiger charge is -2.10. The first-order valence-corrected chi connectivity index (χ1v) is 9.89. The summed E-state index contributed by atoms with van der Waals surface area (Å²) in [5.74, 6) is 0. The van der Waals surface area contributed by atoms with Crippen molar-refractivity contribution >= 4 is 21.9 Å². The Hall–Kier alpha value is -4.45. The van der Waals surface area contributed by atoms with Crippen LogP contribution in [0.25, 0.3) is 49.9 Å². The molecule has 0 radical (unpaired) electrons. The third kappa shape index (κ3) is 2.93. The van der Waals surface area contributed by atoms with E-state index < -0.39 is 0 Å². The number of rotatable bonds is 3. The molecule has 6 rings (SSSR count). The van der Waals surface area contributed by atoms with Gasteiger partial charge in [0.15, 0.2) is 0 Å². The van der Waals surface area contributed by atoms with Crippen molar-refractivity contribution in [1.82, 2.24) is 29.5 Å². The summed E-state index contributed by atoms with van der Waals surface area (Å²) in [6.45, 7) is 0. The summed E-state index contributed by atoms with van der Waals surface area (Å²) < 4.78 is 2.17. The molecule has 0 aromatic carbocycles. The molecule has 0 atom stereocenters. The molecular formula is C25H16N6. The number of aromatic nitrogens is 6. The van der Waals surface area contributed by atoms with Crippen LogP contribution in [0.15, 0.2) is 98.2 Å². The van der Waals surface area contributed by atoms with Crippen LogP contribution < -0.4 is 0 Å². The van der Waals surface area contributed by atoms with Gasteiger partial charge in [-0.2, -0.15) is 0 Å². The normalized spacial score (nSPS) is 11.2. The molecule has 31 heavy (non-hydrogen) atoms. The second-order valence-corrected chi connectivity index (χ2v) is 7.24.